The maximum Gasteiger partial charge on any atom is 0.0745 e. The molecule has 2 heterocycles. The molecule has 1 aromatic rings. The molecule has 1 aliphatic rings. The molecule has 2 atom stereocenters. The van der Waals surface area contributed by atoms with Gasteiger partial charge in [-0.1, -0.05) is 11.6 Å². The lowest BCUT2D eigenvalue weighted by atomic mass is 10.0. The second-order valence-electron chi connectivity index (χ2n) is 4.00. The third-order valence-electron chi connectivity index (χ3n) is 2.92. The van der Waals surface area contributed by atoms with Crippen LogP contribution < -0.4 is 11.3 Å². The monoisotopic (exact) mass is 241 g/mol. The first-order chi connectivity index (χ1) is 7.81. The summed E-state index contributed by atoms with van der Waals surface area (Å²) in [6.45, 7) is 0.826. The fourth-order valence-electron chi connectivity index (χ4n) is 2.02. The molecule has 3 N–H and O–H groups in total. The van der Waals surface area contributed by atoms with E-state index in [0.717, 1.165) is 31.4 Å². The van der Waals surface area contributed by atoms with Crippen molar-refractivity contribution in [2.24, 2.45) is 5.84 Å². The van der Waals surface area contributed by atoms with Crippen LogP contribution in [0.5, 0.6) is 0 Å². The molecule has 5 heteroatoms. The predicted octanol–water partition coefficient (Wildman–Crippen LogP) is 1.29. The Morgan fingerprint density at radius 1 is 1.69 bits per heavy atom. The summed E-state index contributed by atoms with van der Waals surface area (Å²) in [7, 11) is 0. The lowest BCUT2D eigenvalue weighted by Gasteiger charge is -2.22. The summed E-state index contributed by atoms with van der Waals surface area (Å²) in [6, 6.07) is 2.03. The topological polar surface area (TPSA) is 60.2 Å². The first-order valence-electron chi connectivity index (χ1n) is 5.47. The Bertz CT molecular complexity index is 342. The van der Waals surface area contributed by atoms with Crippen LogP contribution in [0, 0.1) is 0 Å². The molecule has 1 aliphatic heterocycles. The molecule has 0 radical (unpaired) electrons. The molecule has 16 heavy (non-hydrogen) atoms. The molecule has 4 nitrogen and oxygen atoms in total. The average Bonchev–Trinajstić information content (AvgIpc) is 2.81. The molecule has 0 aromatic carbocycles. The minimum Gasteiger partial charge on any atom is -0.377 e. The van der Waals surface area contributed by atoms with Crippen molar-refractivity contribution in [3.05, 3.63) is 29.0 Å². The molecule has 2 unspecified atom stereocenters. The number of nitrogens with two attached hydrogens (primary N) is 1. The summed E-state index contributed by atoms with van der Waals surface area (Å²) in [6.07, 6.45) is 6.51. The minimum atomic E-state index is 0.113. The van der Waals surface area contributed by atoms with Crippen LogP contribution in [0.2, 0.25) is 5.02 Å². The zero-order chi connectivity index (χ0) is 11.4. The van der Waals surface area contributed by atoms with Gasteiger partial charge in [0.05, 0.1) is 17.2 Å². The van der Waals surface area contributed by atoms with Crippen LogP contribution in [0.15, 0.2) is 18.5 Å². The maximum atomic E-state index is 6.06. The van der Waals surface area contributed by atoms with Crippen LogP contribution in [-0.2, 0) is 11.2 Å². The molecule has 88 valence electrons. The molecule has 1 aromatic heterocycles. The average molecular weight is 242 g/mol. The lowest BCUT2D eigenvalue weighted by Crippen LogP contribution is -2.45. The van der Waals surface area contributed by atoms with Gasteiger partial charge in [-0.2, -0.15) is 0 Å². The zero-order valence-electron chi connectivity index (χ0n) is 9.03. The summed E-state index contributed by atoms with van der Waals surface area (Å²) in [5, 5.41) is 0.681. The Morgan fingerprint density at radius 2 is 2.56 bits per heavy atom. The number of nitrogens with one attached hydrogen (secondary N) is 1. The first-order valence-corrected chi connectivity index (χ1v) is 5.85. The molecule has 0 spiro atoms. The van der Waals surface area contributed by atoms with Gasteiger partial charge in [0.1, 0.15) is 0 Å². The Kier molecular flexibility index (Phi) is 4.12. The van der Waals surface area contributed by atoms with Crippen molar-refractivity contribution in [2.45, 2.75) is 31.4 Å². The summed E-state index contributed by atoms with van der Waals surface area (Å²) >= 11 is 6.06. The number of nitrogens with zero attached hydrogens (tertiary/aromatic N) is 1. The number of pyridine rings is 1. The van der Waals surface area contributed by atoms with E-state index in [-0.39, 0.29) is 12.1 Å². The number of ether oxygens (including phenoxy) is 1. The summed E-state index contributed by atoms with van der Waals surface area (Å²) < 4.78 is 5.62. The van der Waals surface area contributed by atoms with Gasteiger partial charge in [0.15, 0.2) is 0 Å². The molecule has 1 fully saturated rings. The van der Waals surface area contributed by atoms with Crippen molar-refractivity contribution >= 4 is 11.6 Å². The normalized spacial score (nSPS) is 22.2. The first kappa shape index (κ1) is 11.8. The van der Waals surface area contributed by atoms with Crippen LogP contribution in [-0.4, -0.2) is 23.7 Å². The van der Waals surface area contributed by atoms with E-state index in [1.807, 2.05) is 6.07 Å². The van der Waals surface area contributed by atoms with Gasteiger partial charge in [-0.05, 0) is 30.9 Å². The van der Waals surface area contributed by atoms with E-state index < -0.39 is 0 Å². The molecular formula is C11H16ClN3O. The van der Waals surface area contributed by atoms with Gasteiger partial charge in [0.2, 0.25) is 0 Å². The standard InChI is InChI=1S/C11H16ClN3O/c12-9-7-14-4-3-8(9)6-10(15-13)11-2-1-5-16-11/h3-4,7,10-11,15H,1-2,5-6,13H2. The fraction of sp³-hybridized carbons (Fsp3) is 0.545. The number of hydrogen-bond acceptors (Lipinski definition) is 4. The highest BCUT2D eigenvalue weighted by Gasteiger charge is 2.25. The smallest absolute Gasteiger partial charge is 0.0745 e. The van der Waals surface area contributed by atoms with Crippen molar-refractivity contribution in [3.63, 3.8) is 0 Å². The van der Waals surface area contributed by atoms with Crippen molar-refractivity contribution in [1.29, 1.82) is 0 Å². The van der Waals surface area contributed by atoms with Gasteiger partial charge < -0.3 is 4.74 Å². The van der Waals surface area contributed by atoms with Crippen molar-refractivity contribution < 1.29 is 4.74 Å². The highest BCUT2D eigenvalue weighted by Crippen LogP contribution is 2.21. The second kappa shape index (κ2) is 5.59. The van der Waals surface area contributed by atoms with Gasteiger partial charge >= 0.3 is 0 Å². The SMILES string of the molecule is NNC(Cc1ccncc1Cl)C1CCCO1. The van der Waals surface area contributed by atoms with E-state index in [1.54, 1.807) is 12.4 Å². The van der Waals surface area contributed by atoms with Gasteiger partial charge in [-0.25, -0.2) is 0 Å². The zero-order valence-corrected chi connectivity index (χ0v) is 9.78. The predicted molar refractivity (Wildman–Crippen MR) is 63.0 cm³/mol. The summed E-state index contributed by atoms with van der Waals surface area (Å²) in [5.74, 6) is 5.56. The molecule has 2 rings (SSSR count). The van der Waals surface area contributed by atoms with E-state index >= 15 is 0 Å². The molecule has 0 saturated carbocycles. The minimum absolute atomic E-state index is 0.113. The quantitative estimate of drug-likeness (QED) is 0.616. The van der Waals surface area contributed by atoms with Crippen LogP contribution >= 0.6 is 11.6 Å². The number of hydrazine groups is 1. The Balaban J connectivity index is 2.03. The number of aromatic nitrogens is 1. The highest BCUT2D eigenvalue weighted by atomic mass is 35.5. The fourth-order valence-corrected chi connectivity index (χ4v) is 2.22. The van der Waals surface area contributed by atoms with E-state index in [9.17, 15) is 0 Å². The van der Waals surface area contributed by atoms with Crippen LogP contribution in [0.1, 0.15) is 18.4 Å². The summed E-state index contributed by atoms with van der Waals surface area (Å²) in [4.78, 5) is 3.96. The van der Waals surface area contributed by atoms with E-state index in [2.05, 4.69) is 10.4 Å². The van der Waals surface area contributed by atoms with E-state index in [4.69, 9.17) is 22.2 Å². The second-order valence-corrected chi connectivity index (χ2v) is 4.40. The van der Waals surface area contributed by atoms with Gasteiger partial charge in [0, 0.05) is 19.0 Å². The Hall–Kier alpha value is -0.680. The number of hydrogen-bond donors (Lipinski definition) is 2. The van der Waals surface area contributed by atoms with Gasteiger partial charge in [0.25, 0.3) is 0 Å². The number of rotatable bonds is 4. The maximum absolute atomic E-state index is 6.06. The van der Waals surface area contributed by atoms with Crippen LogP contribution in [0.4, 0.5) is 0 Å². The third-order valence-corrected chi connectivity index (χ3v) is 3.26. The Labute approximate surface area is 100 Å². The molecule has 1 saturated heterocycles. The largest absolute Gasteiger partial charge is 0.377 e. The van der Waals surface area contributed by atoms with E-state index in [1.165, 1.54) is 0 Å². The number of halogens is 1. The molecule has 0 amide bonds. The molecular weight excluding hydrogens is 226 g/mol. The highest BCUT2D eigenvalue weighted by molar-refractivity contribution is 6.31. The van der Waals surface area contributed by atoms with Gasteiger partial charge in [-0.3, -0.25) is 16.3 Å². The van der Waals surface area contributed by atoms with Crippen molar-refractivity contribution in [3.8, 4) is 0 Å². The summed E-state index contributed by atoms with van der Waals surface area (Å²) in [5.41, 5.74) is 3.87. The Morgan fingerprint density at radius 3 is 3.19 bits per heavy atom. The molecule has 0 bridgehead atoms. The third kappa shape index (κ3) is 2.71. The van der Waals surface area contributed by atoms with Crippen LogP contribution in [0.3, 0.4) is 0 Å². The van der Waals surface area contributed by atoms with Gasteiger partial charge in [-0.15, -0.1) is 0 Å². The molecule has 0 aliphatic carbocycles. The van der Waals surface area contributed by atoms with E-state index in [0.29, 0.717) is 5.02 Å². The van der Waals surface area contributed by atoms with Crippen molar-refractivity contribution in [2.75, 3.05) is 6.61 Å². The lowest BCUT2D eigenvalue weighted by molar-refractivity contribution is 0.0784. The van der Waals surface area contributed by atoms with Crippen LogP contribution in [0.25, 0.3) is 0 Å². The van der Waals surface area contributed by atoms with Crippen molar-refractivity contribution in [1.82, 2.24) is 10.4 Å².